The van der Waals surface area contributed by atoms with Gasteiger partial charge in [0.15, 0.2) is 0 Å². The summed E-state index contributed by atoms with van der Waals surface area (Å²) in [5, 5.41) is 4.23. The number of aromatic nitrogens is 1. The number of halogens is 1. The molecule has 0 spiro atoms. The maximum Gasteiger partial charge on any atom is 0.129 e. The highest BCUT2D eigenvalue weighted by molar-refractivity contribution is 6.31. The Balaban J connectivity index is 1.73. The van der Waals surface area contributed by atoms with E-state index in [1.807, 2.05) is 12.1 Å². The minimum atomic E-state index is 0.685. The van der Waals surface area contributed by atoms with Gasteiger partial charge in [0.05, 0.1) is 10.7 Å². The smallest absolute Gasteiger partial charge is 0.129 e. The van der Waals surface area contributed by atoms with Crippen molar-refractivity contribution in [2.45, 2.75) is 31.8 Å². The minimum absolute atomic E-state index is 0.685. The Labute approximate surface area is 113 Å². The summed E-state index contributed by atoms with van der Waals surface area (Å²) < 4.78 is 0. The van der Waals surface area contributed by atoms with Crippen LogP contribution in [-0.2, 0) is 6.54 Å². The van der Waals surface area contributed by atoms with Crippen LogP contribution in [0.2, 0.25) is 5.02 Å². The third kappa shape index (κ3) is 2.85. The van der Waals surface area contributed by atoms with Gasteiger partial charge in [-0.05, 0) is 31.4 Å². The molecule has 18 heavy (non-hydrogen) atoms. The van der Waals surface area contributed by atoms with Crippen molar-refractivity contribution in [1.29, 1.82) is 0 Å². The molecule has 0 unspecified atom stereocenters. The summed E-state index contributed by atoms with van der Waals surface area (Å²) in [5.41, 5.74) is 0.968. The highest BCUT2D eigenvalue weighted by Gasteiger charge is 2.21. The molecule has 0 radical (unpaired) electrons. The lowest BCUT2D eigenvalue weighted by molar-refractivity contribution is 0.672. The Morgan fingerprint density at radius 1 is 1.33 bits per heavy atom. The molecule has 0 atom stereocenters. The quantitative estimate of drug-likeness (QED) is 0.847. The first-order chi connectivity index (χ1) is 8.83. The zero-order valence-corrected chi connectivity index (χ0v) is 11.2. The maximum atomic E-state index is 6.20. The fourth-order valence-corrected chi connectivity index (χ4v) is 2.32. The summed E-state index contributed by atoms with van der Waals surface area (Å²) >= 11 is 6.20. The third-order valence-electron chi connectivity index (χ3n) is 3.42. The molecule has 3 nitrogen and oxygen atoms in total. The first kappa shape index (κ1) is 12.0. The average molecular weight is 264 g/mol. The van der Waals surface area contributed by atoms with Crippen LogP contribution in [0, 0.1) is 0 Å². The van der Waals surface area contributed by atoms with E-state index in [0.717, 1.165) is 42.6 Å². The van der Waals surface area contributed by atoms with E-state index in [0.29, 0.717) is 6.04 Å². The van der Waals surface area contributed by atoms with E-state index in [-0.39, 0.29) is 0 Å². The van der Waals surface area contributed by atoms with Crippen molar-refractivity contribution in [3.8, 4) is 0 Å². The van der Waals surface area contributed by atoms with Crippen molar-refractivity contribution < 1.29 is 0 Å². The molecule has 1 aromatic heterocycles. The van der Waals surface area contributed by atoms with Crippen molar-refractivity contribution in [1.82, 2.24) is 10.3 Å². The molecule has 0 amide bonds. The van der Waals surface area contributed by atoms with Crippen LogP contribution in [0.25, 0.3) is 0 Å². The van der Waals surface area contributed by atoms with Crippen LogP contribution in [0.15, 0.2) is 24.3 Å². The van der Waals surface area contributed by atoms with E-state index in [4.69, 9.17) is 16.6 Å². The standard InChI is InChI=1S/C14H18ClN3/c15-12-6-7-14(18-8-2-1-3-9-18)17-13(12)10-16-11-4-5-11/h1-2,6-7,11,16H,3-5,8-10H2. The molecular weight excluding hydrogens is 246 g/mol. The molecule has 1 saturated carbocycles. The summed E-state index contributed by atoms with van der Waals surface area (Å²) in [7, 11) is 0. The summed E-state index contributed by atoms with van der Waals surface area (Å²) in [5.74, 6) is 1.04. The molecule has 1 N–H and O–H groups in total. The third-order valence-corrected chi connectivity index (χ3v) is 3.77. The fourth-order valence-electron chi connectivity index (χ4n) is 2.15. The van der Waals surface area contributed by atoms with Crippen molar-refractivity contribution in [2.75, 3.05) is 18.0 Å². The first-order valence-corrected chi connectivity index (χ1v) is 6.99. The van der Waals surface area contributed by atoms with E-state index in [9.17, 15) is 0 Å². The van der Waals surface area contributed by atoms with Gasteiger partial charge in [0.1, 0.15) is 5.82 Å². The average Bonchev–Trinajstić information content (AvgIpc) is 3.23. The molecule has 0 bridgehead atoms. The van der Waals surface area contributed by atoms with Gasteiger partial charge in [0.2, 0.25) is 0 Å². The lowest BCUT2D eigenvalue weighted by Gasteiger charge is -2.25. The van der Waals surface area contributed by atoms with Crippen LogP contribution in [0.1, 0.15) is 25.0 Å². The number of nitrogens with zero attached hydrogens (tertiary/aromatic N) is 2. The number of hydrogen-bond donors (Lipinski definition) is 1. The van der Waals surface area contributed by atoms with E-state index >= 15 is 0 Å². The number of pyridine rings is 1. The van der Waals surface area contributed by atoms with Crippen LogP contribution in [-0.4, -0.2) is 24.1 Å². The van der Waals surface area contributed by atoms with Crippen molar-refractivity contribution in [2.24, 2.45) is 0 Å². The van der Waals surface area contributed by atoms with E-state index in [2.05, 4.69) is 22.4 Å². The highest BCUT2D eigenvalue weighted by atomic mass is 35.5. The van der Waals surface area contributed by atoms with E-state index in [1.54, 1.807) is 0 Å². The van der Waals surface area contributed by atoms with Gasteiger partial charge in [-0.1, -0.05) is 23.8 Å². The second-order valence-corrected chi connectivity index (χ2v) is 5.37. The molecule has 0 aromatic carbocycles. The number of hydrogen-bond acceptors (Lipinski definition) is 3. The molecular formula is C14H18ClN3. The minimum Gasteiger partial charge on any atom is -0.353 e. The molecule has 0 saturated heterocycles. The number of nitrogens with one attached hydrogen (secondary N) is 1. The number of anilines is 1. The van der Waals surface area contributed by atoms with Gasteiger partial charge in [-0.25, -0.2) is 4.98 Å². The Kier molecular flexibility index (Phi) is 3.52. The molecule has 1 aliphatic heterocycles. The summed E-state index contributed by atoms with van der Waals surface area (Å²) in [6.07, 6.45) is 8.09. The van der Waals surface area contributed by atoms with Crippen LogP contribution in [0.3, 0.4) is 0 Å². The molecule has 1 aromatic rings. The first-order valence-electron chi connectivity index (χ1n) is 6.62. The molecule has 4 heteroatoms. The Morgan fingerprint density at radius 2 is 2.22 bits per heavy atom. The Bertz CT molecular complexity index is 454. The topological polar surface area (TPSA) is 28.2 Å². The van der Waals surface area contributed by atoms with Gasteiger partial charge in [-0.2, -0.15) is 0 Å². The van der Waals surface area contributed by atoms with E-state index in [1.165, 1.54) is 12.8 Å². The largest absolute Gasteiger partial charge is 0.353 e. The van der Waals surface area contributed by atoms with E-state index < -0.39 is 0 Å². The van der Waals surface area contributed by atoms with Crippen LogP contribution < -0.4 is 10.2 Å². The van der Waals surface area contributed by atoms with Crippen molar-refractivity contribution in [3.63, 3.8) is 0 Å². The SMILES string of the molecule is Clc1ccc(N2CC=CCC2)nc1CNC1CC1. The zero-order valence-electron chi connectivity index (χ0n) is 10.4. The Morgan fingerprint density at radius 3 is 2.94 bits per heavy atom. The molecule has 2 heterocycles. The fraction of sp³-hybridized carbons (Fsp3) is 0.500. The lowest BCUT2D eigenvalue weighted by atomic mass is 10.2. The Hall–Kier alpha value is -1.06. The maximum absolute atomic E-state index is 6.20. The van der Waals surface area contributed by atoms with Crippen molar-refractivity contribution >= 4 is 17.4 Å². The summed E-state index contributed by atoms with van der Waals surface area (Å²) in [6.45, 7) is 2.77. The molecule has 1 aliphatic carbocycles. The van der Waals surface area contributed by atoms with Gasteiger partial charge in [0.25, 0.3) is 0 Å². The molecule has 2 aliphatic rings. The monoisotopic (exact) mass is 263 g/mol. The van der Waals surface area contributed by atoms with Crippen LogP contribution >= 0.6 is 11.6 Å². The predicted molar refractivity (Wildman–Crippen MR) is 75.1 cm³/mol. The van der Waals surface area contributed by atoms with Gasteiger partial charge in [0, 0.05) is 25.7 Å². The molecule has 96 valence electrons. The summed E-state index contributed by atoms with van der Waals surface area (Å²) in [4.78, 5) is 6.98. The second-order valence-electron chi connectivity index (χ2n) is 4.96. The highest BCUT2D eigenvalue weighted by Crippen LogP contribution is 2.23. The summed E-state index contributed by atoms with van der Waals surface area (Å²) in [6, 6.07) is 4.67. The second kappa shape index (κ2) is 5.29. The van der Waals surface area contributed by atoms with Gasteiger partial charge < -0.3 is 10.2 Å². The molecule has 3 rings (SSSR count). The van der Waals surface area contributed by atoms with Gasteiger partial charge >= 0.3 is 0 Å². The normalized spacial score (nSPS) is 19.3. The van der Waals surface area contributed by atoms with Crippen LogP contribution in [0.4, 0.5) is 5.82 Å². The lowest BCUT2D eigenvalue weighted by Crippen LogP contribution is -2.28. The zero-order chi connectivity index (χ0) is 12.4. The molecule has 1 fully saturated rings. The number of rotatable bonds is 4. The predicted octanol–water partition coefficient (Wildman–Crippen LogP) is 2.75. The van der Waals surface area contributed by atoms with Gasteiger partial charge in [-0.15, -0.1) is 0 Å². The van der Waals surface area contributed by atoms with Crippen molar-refractivity contribution in [3.05, 3.63) is 35.0 Å². The van der Waals surface area contributed by atoms with Gasteiger partial charge in [-0.3, -0.25) is 0 Å². The van der Waals surface area contributed by atoms with Crippen LogP contribution in [0.5, 0.6) is 0 Å².